The Kier molecular flexibility index (Phi) is 4.97. The Hall–Kier alpha value is -0.650. The van der Waals surface area contributed by atoms with Crippen LogP contribution >= 0.6 is 0 Å². The summed E-state index contributed by atoms with van der Waals surface area (Å²) in [6.07, 6.45) is 1.18. The second kappa shape index (κ2) is 6.50. The van der Waals surface area contributed by atoms with Crippen molar-refractivity contribution in [1.82, 2.24) is 15.5 Å². The molecule has 0 bridgehead atoms. The highest BCUT2D eigenvalue weighted by molar-refractivity contribution is 5.82. The minimum absolute atomic E-state index is 0.103. The van der Waals surface area contributed by atoms with Gasteiger partial charge in [0.05, 0.1) is 13.2 Å². The molecule has 0 spiro atoms. The maximum atomic E-state index is 12.1. The van der Waals surface area contributed by atoms with Crippen LogP contribution in [-0.2, 0) is 9.53 Å². The number of ether oxygens (including phenoxy) is 1. The Bertz CT molecular complexity index is 279. The van der Waals surface area contributed by atoms with Crippen molar-refractivity contribution in [2.24, 2.45) is 5.92 Å². The van der Waals surface area contributed by atoms with Crippen molar-refractivity contribution in [2.45, 2.75) is 32.4 Å². The molecule has 104 valence electrons. The second-order valence-electron chi connectivity index (χ2n) is 5.60. The summed E-state index contributed by atoms with van der Waals surface area (Å²) in [6, 6.07) is 0.0892. The molecule has 0 radical (unpaired) electrons. The largest absolute Gasteiger partial charge is 0.378 e. The molecule has 2 fully saturated rings. The van der Waals surface area contributed by atoms with Crippen molar-refractivity contribution >= 4 is 5.91 Å². The lowest BCUT2D eigenvalue weighted by Crippen LogP contribution is -2.55. The second-order valence-corrected chi connectivity index (χ2v) is 5.60. The van der Waals surface area contributed by atoms with Crippen LogP contribution in [-0.4, -0.2) is 62.3 Å². The van der Waals surface area contributed by atoms with E-state index in [4.69, 9.17) is 4.74 Å². The van der Waals surface area contributed by atoms with Crippen LogP contribution in [0.15, 0.2) is 0 Å². The Labute approximate surface area is 109 Å². The van der Waals surface area contributed by atoms with Crippen molar-refractivity contribution in [2.75, 3.05) is 39.4 Å². The fraction of sp³-hybridized carbons (Fsp3) is 0.923. The predicted octanol–water partition coefficient (Wildman–Crippen LogP) is -0.179. The Balaban J connectivity index is 1.81. The standard InChI is InChI=1S/C13H25N3O2/c1-10(2)15-13(17)12-9-18-6-5-16(12)4-3-11-7-14-8-11/h10-12,14H,3-9H2,1-2H3,(H,15,17). The first-order valence-corrected chi connectivity index (χ1v) is 6.99. The van der Waals surface area contributed by atoms with Crippen LogP contribution in [0, 0.1) is 5.92 Å². The predicted molar refractivity (Wildman–Crippen MR) is 70.4 cm³/mol. The summed E-state index contributed by atoms with van der Waals surface area (Å²) in [5, 5.41) is 6.27. The molecule has 0 aliphatic carbocycles. The lowest BCUT2D eigenvalue weighted by molar-refractivity contribution is -0.133. The Morgan fingerprint density at radius 3 is 2.89 bits per heavy atom. The smallest absolute Gasteiger partial charge is 0.239 e. The fourth-order valence-electron chi connectivity index (χ4n) is 2.43. The molecule has 0 aromatic carbocycles. The quantitative estimate of drug-likeness (QED) is 0.716. The van der Waals surface area contributed by atoms with Crippen molar-refractivity contribution in [3.63, 3.8) is 0 Å². The summed E-state index contributed by atoms with van der Waals surface area (Å²) in [5.41, 5.74) is 0. The number of amides is 1. The van der Waals surface area contributed by atoms with Gasteiger partial charge in [-0.05, 0) is 45.8 Å². The molecule has 18 heavy (non-hydrogen) atoms. The highest BCUT2D eigenvalue weighted by Crippen LogP contribution is 2.13. The molecule has 2 saturated heterocycles. The van der Waals surface area contributed by atoms with E-state index < -0.39 is 0 Å². The first-order chi connectivity index (χ1) is 8.66. The van der Waals surface area contributed by atoms with Gasteiger partial charge in [-0.25, -0.2) is 0 Å². The van der Waals surface area contributed by atoms with Gasteiger partial charge >= 0.3 is 0 Å². The summed E-state index contributed by atoms with van der Waals surface area (Å²) in [4.78, 5) is 14.4. The maximum Gasteiger partial charge on any atom is 0.239 e. The van der Waals surface area contributed by atoms with E-state index in [0.29, 0.717) is 6.61 Å². The number of hydrogen-bond donors (Lipinski definition) is 2. The van der Waals surface area contributed by atoms with Crippen molar-refractivity contribution < 1.29 is 9.53 Å². The zero-order chi connectivity index (χ0) is 13.0. The number of nitrogens with one attached hydrogen (secondary N) is 2. The van der Waals surface area contributed by atoms with E-state index in [-0.39, 0.29) is 18.0 Å². The third-order valence-corrected chi connectivity index (χ3v) is 3.66. The van der Waals surface area contributed by atoms with Crippen LogP contribution in [0.4, 0.5) is 0 Å². The maximum absolute atomic E-state index is 12.1. The van der Waals surface area contributed by atoms with Gasteiger partial charge in [0, 0.05) is 12.6 Å². The molecule has 2 aliphatic rings. The lowest BCUT2D eigenvalue weighted by Gasteiger charge is -2.37. The molecule has 2 N–H and O–H groups in total. The molecule has 2 aliphatic heterocycles. The van der Waals surface area contributed by atoms with Crippen LogP contribution in [0.5, 0.6) is 0 Å². The molecule has 1 amide bonds. The van der Waals surface area contributed by atoms with Gasteiger partial charge in [0.15, 0.2) is 0 Å². The molecule has 0 aromatic rings. The lowest BCUT2D eigenvalue weighted by atomic mass is 9.98. The number of carbonyl (C=O) groups excluding carboxylic acids is 1. The first-order valence-electron chi connectivity index (χ1n) is 6.99. The fourth-order valence-corrected chi connectivity index (χ4v) is 2.43. The molecule has 0 saturated carbocycles. The molecule has 0 aromatic heterocycles. The molecule has 2 rings (SSSR count). The zero-order valence-corrected chi connectivity index (χ0v) is 11.4. The minimum atomic E-state index is -0.103. The van der Waals surface area contributed by atoms with E-state index in [1.807, 2.05) is 13.8 Å². The third kappa shape index (κ3) is 3.67. The Morgan fingerprint density at radius 1 is 1.50 bits per heavy atom. The third-order valence-electron chi connectivity index (χ3n) is 3.66. The van der Waals surface area contributed by atoms with Gasteiger partial charge in [-0.1, -0.05) is 0 Å². The number of hydrogen-bond acceptors (Lipinski definition) is 4. The van der Waals surface area contributed by atoms with E-state index >= 15 is 0 Å². The summed E-state index contributed by atoms with van der Waals surface area (Å²) >= 11 is 0. The van der Waals surface area contributed by atoms with Crippen LogP contribution in [0.1, 0.15) is 20.3 Å². The molecular formula is C13H25N3O2. The SMILES string of the molecule is CC(C)NC(=O)C1COCCN1CCC1CNC1. The topological polar surface area (TPSA) is 53.6 Å². The normalized spacial score (nSPS) is 26.1. The average molecular weight is 255 g/mol. The van der Waals surface area contributed by atoms with E-state index in [0.717, 1.165) is 38.7 Å². The van der Waals surface area contributed by atoms with Gasteiger partial charge in [-0.3, -0.25) is 9.69 Å². The van der Waals surface area contributed by atoms with Crippen LogP contribution in [0.3, 0.4) is 0 Å². The molecule has 1 unspecified atom stereocenters. The molecular weight excluding hydrogens is 230 g/mol. The molecule has 5 nitrogen and oxygen atoms in total. The zero-order valence-electron chi connectivity index (χ0n) is 11.4. The van der Waals surface area contributed by atoms with Crippen LogP contribution < -0.4 is 10.6 Å². The number of nitrogens with zero attached hydrogens (tertiary/aromatic N) is 1. The monoisotopic (exact) mass is 255 g/mol. The molecule has 1 atom stereocenters. The van der Waals surface area contributed by atoms with Gasteiger partial charge in [0.2, 0.25) is 5.91 Å². The summed E-state index contributed by atoms with van der Waals surface area (Å²) in [6.45, 7) is 9.40. The number of rotatable bonds is 5. The van der Waals surface area contributed by atoms with Crippen LogP contribution in [0.2, 0.25) is 0 Å². The van der Waals surface area contributed by atoms with Gasteiger partial charge in [0.25, 0.3) is 0 Å². The summed E-state index contributed by atoms with van der Waals surface area (Å²) in [5.74, 6) is 0.901. The van der Waals surface area contributed by atoms with E-state index in [1.165, 1.54) is 6.42 Å². The molecule has 5 heteroatoms. The van der Waals surface area contributed by atoms with E-state index in [2.05, 4.69) is 15.5 Å². The van der Waals surface area contributed by atoms with Crippen LogP contribution in [0.25, 0.3) is 0 Å². The van der Waals surface area contributed by atoms with Crippen molar-refractivity contribution in [3.05, 3.63) is 0 Å². The molecule has 2 heterocycles. The van der Waals surface area contributed by atoms with E-state index in [1.54, 1.807) is 0 Å². The minimum Gasteiger partial charge on any atom is -0.378 e. The summed E-state index contributed by atoms with van der Waals surface area (Å²) in [7, 11) is 0. The first kappa shape index (κ1) is 13.8. The summed E-state index contributed by atoms with van der Waals surface area (Å²) < 4.78 is 5.45. The van der Waals surface area contributed by atoms with E-state index in [9.17, 15) is 4.79 Å². The Morgan fingerprint density at radius 2 is 2.28 bits per heavy atom. The van der Waals surface area contributed by atoms with Crippen molar-refractivity contribution in [3.8, 4) is 0 Å². The van der Waals surface area contributed by atoms with Gasteiger partial charge < -0.3 is 15.4 Å². The van der Waals surface area contributed by atoms with Crippen molar-refractivity contribution in [1.29, 1.82) is 0 Å². The van der Waals surface area contributed by atoms with Gasteiger partial charge in [0.1, 0.15) is 6.04 Å². The van der Waals surface area contributed by atoms with Gasteiger partial charge in [-0.2, -0.15) is 0 Å². The number of morpholine rings is 1. The van der Waals surface area contributed by atoms with Gasteiger partial charge in [-0.15, -0.1) is 0 Å². The highest BCUT2D eigenvalue weighted by Gasteiger charge is 2.30. The number of carbonyl (C=O) groups is 1. The highest BCUT2D eigenvalue weighted by atomic mass is 16.5. The average Bonchev–Trinajstić information content (AvgIpc) is 2.26.